The third kappa shape index (κ3) is 3.28. The summed E-state index contributed by atoms with van der Waals surface area (Å²) in [6, 6.07) is 8.55. The Labute approximate surface area is 126 Å². The van der Waals surface area contributed by atoms with E-state index >= 15 is 0 Å². The average molecular weight is 302 g/mol. The number of hydrazine groups is 1. The molecule has 7 heteroatoms. The quantitative estimate of drug-likeness (QED) is 0.597. The normalized spacial score (nSPS) is 9.81. The number of carbonyl (C=O) groups is 1. The molecule has 0 aliphatic carbocycles. The van der Waals surface area contributed by atoms with Crippen LogP contribution < -0.4 is 16.6 Å². The predicted octanol–water partition coefficient (Wildman–Crippen LogP) is 2.45. The minimum absolute atomic E-state index is 0.243. The number of aryl methyl sites for hydroxylation is 1. The monoisotopic (exact) mass is 301 g/mol. The standard InChI is InChI=1S/C14H12ClN5O/c1-8-2-3-9(6-16)4-12(8)19-14(21)10-5-11(15)13(20-17)18-7-10/h2-5,7H,17H2,1H3,(H,18,20)(H,19,21). The van der Waals surface area contributed by atoms with Crippen LogP contribution in [0.4, 0.5) is 11.5 Å². The first-order valence-corrected chi connectivity index (χ1v) is 6.37. The van der Waals surface area contributed by atoms with Crippen LogP contribution in [0.15, 0.2) is 30.5 Å². The van der Waals surface area contributed by atoms with Gasteiger partial charge in [-0.05, 0) is 30.7 Å². The molecule has 0 radical (unpaired) electrons. The predicted molar refractivity (Wildman–Crippen MR) is 80.9 cm³/mol. The molecule has 1 aromatic carbocycles. The summed E-state index contributed by atoms with van der Waals surface area (Å²) >= 11 is 5.93. The lowest BCUT2D eigenvalue weighted by molar-refractivity contribution is 0.102. The summed E-state index contributed by atoms with van der Waals surface area (Å²) in [5.74, 6) is 5.14. The lowest BCUT2D eigenvalue weighted by atomic mass is 10.1. The number of rotatable bonds is 3. The lowest BCUT2D eigenvalue weighted by Crippen LogP contribution is -2.15. The van der Waals surface area contributed by atoms with Crippen LogP contribution in [0.3, 0.4) is 0 Å². The molecule has 0 aliphatic rings. The van der Waals surface area contributed by atoms with Crippen molar-refractivity contribution >= 4 is 29.0 Å². The van der Waals surface area contributed by atoms with Gasteiger partial charge < -0.3 is 10.7 Å². The number of anilines is 2. The summed E-state index contributed by atoms with van der Waals surface area (Å²) in [6.07, 6.45) is 1.36. The van der Waals surface area contributed by atoms with Crippen LogP contribution in [-0.4, -0.2) is 10.9 Å². The molecule has 0 saturated heterocycles. The van der Waals surface area contributed by atoms with Crippen LogP contribution in [0.1, 0.15) is 21.5 Å². The molecule has 0 aliphatic heterocycles. The van der Waals surface area contributed by atoms with Crippen LogP contribution in [0.2, 0.25) is 5.02 Å². The number of benzene rings is 1. The lowest BCUT2D eigenvalue weighted by Gasteiger charge is -2.09. The number of nitrogens with one attached hydrogen (secondary N) is 2. The number of nitrogens with two attached hydrogens (primary N) is 1. The number of nitrogen functional groups attached to an aromatic ring is 1. The molecule has 1 aromatic heterocycles. The molecule has 0 atom stereocenters. The highest BCUT2D eigenvalue weighted by atomic mass is 35.5. The number of hydrogen-bond acceptors (Lipinski definition) is 5. The summed E-state index contributed by atoms with van der Waals surface area (Å²) in [4.78, 5) is 16.1. The van der Waals surface area contributed by atoms with Gasteiger partial charge in [0.2, 0.25) is 0 Å². The number of halogens is 1. The van der Waals surface area contributed by atoms with Crippen molar-refractivity contribution in [2.24, 2.45) is 5.84 Å². The van der Waals surface area contributed by atoms with Crippen molar-refractivity contribution in [3.63, 3.8) is 0 Å². The molecule has 0 bridgehead atoms. The fourth-order valence-corrected chi connectivity index (χ4v) is 1.91. The summed E-state index contributed by atoms with van der Waals surface area (Å²) in [6.45, 7) is 1.84. The van der Waals surface area contributed by atoms with Gasteiger partial charge in [0.1, 0.15) is 0 Å². The Kier molecular flexibility index (Phi) is 4.38. The molecule has 4 N–H and O–H groups in total. The van der Waals surface area contributed by atoms with E-state index in [1.807, 2.05) is 13.0 Å². The highest BCUT2D eigenvalue weighted by Crippen LogP contribution is 2.21. The third-order valence-electron chi connectivity index (χ3n) is 2.85. The maximum Gasteiger partial charge on any atom is 0.257 e. The number of carbonyl (C=O) groups excluding carboxylic acids is 1. The molecule has 21 heavy (non-hydrogen) atoms. The van der Waals surface area contributed by atoms with Crippen molar-refractivity contribution in [3.05, 3.63) is 52.2 Å². The van der Waals surface area contributed by atoms with Crippen molar-refractivity contribution in [2.45, 2.75) is 6.92 Å². The van der Waals surface area contributed by atoms with Gasteiger partial charge in [0.15, 0.2) is 5.82 Å². The van der Waals surface area contributed by atoms with Crippen LogP contribution in [-0.2, 0) is 0 Å². The molecule has 0 unspecified atom stereocenters. The first kappa shape index (κ1) is 14.8. The van der Waals surface area contributed by atoms with E-state index in [2.05, 4.69) is 15.7 Å². The first-order chi connectivity index (χ1) is 10.0. The van der Waals surface area contributed by atoms with Gasteiger partial charge in [-0.3, -0.25) is 4.79 Å². The molecule has 1 amide bonds. The zero-order valence-electron chi connectivity index (χ0n) is 11.1. The van der Waals surface area contributed by atoms with Gasteiger partial charge in [-0.15, -0.1) is 0 Å². The number of pyridine rings is 1. The minimum Gasteiger partial charge on any atom is -0.322 e. The Balaban J connectivity index is 2.26. The van der Waals surface area contributed by atoms with Gasteiger partial charge in [-0.25, -0.2) is 10.8 Å². The minimum atomic E-state index is -0.369. The van der Waals surface area contributed by atoms with Gasteiger partial charge in [-0.2, -0.15) is 5.26 Å². The molecule has 0 fully saturated rings. The van der Waals surface area contributed by atoms with E-state index in [0.717, 1.165) is 5.56 Å². The van der Waals surface area contributed by atoms with Gasteiger partial charge in [0.05, 0.1) is 22.2 Å². The number of amides is 1. The second-order valence-electron chi connectivity index (χ2n) is 4.29. The Bertz CT molecular complexity index is 739. The molecular formula is C14H12ClN5O. The van der Waals surface area contributed by atoms with Crippen LogP contribution in [0.5, 0.6) is 0 Å². The largest absolute Gasteiger partial charge is 0.322 e. The summed E-state index contributed by atoms with van der Waals surface area (Å²) < 4.78 is 0. The van der Waals surface area contributed by atoms with Crippen molar-refractivity contribution in [3.8, 4) is 6.07 Å². The fourth-order valence-electron chi connectivity index (χ4n) is 1.69. The highest BCUT2D eigenvalue weighted by molar-refractivity contribution is 6.33. The molecule has 106 valence electrons. The number of hydrogen-bond donors (Lipinski definition) is 3. The van der Waals surface area contributed by atoms with Crippen molar-refractivity contribution in [1.29, 1.82) is 5.26 Å². The zero-order valence-corrected chi connectivity index (χ0v) is 11.9. The van der Waals surface area contributed by atoms with Gasteiger partial charge in [-0.1, -0.05) is 17.7 Å². The topological polar surface area (TPSA) is 104 Å². The van der Waals surface area contributed by atoms with E-state index in [4.69, 9.17) is 22.7 Å². The first-order valence-electron chi connectivity index (χ1n) is 5.99. The second-order valence-corrected chi connectivity index (χ2v) is 4.70. The van der Waals surface area contributed by atoms with Gasteiger partial charge in [0.25, 0.3) is 5.91 Å². The Morgan fingerprint density at radius 1 is 1.43 bits per heavy atom. The van der Waals surface area contributed by atoms with E-state index in [-0.39, 0.29) is 16.7 Å². The van der Waals surface area contributed by atoms with Gasteiger partial charge in [0, 0.05) is 11.9 Å². The zero-order chi connectivity index (χ0) is 15.4. The van der Waals surface area contributed by atoms with Crippen LogP contribution in [0, 0.1) is 18.3 Å². The maximum atomic E-state index is 12.2. The van der Waals surface area contributed by atoms with E-state index in [9.17, 15) is 4.79 Å². The molecule has 1 heterocycles. The third-order valence-corrected chi connectivity index (χ3v) is 3.14. The maximum absolute atomic E-state index is 12.2. The van der Waals surface area contributed by atoms with E-state index in [0.29, 0.717) is 16.8 Å². The molecule has 0 saturated carbocycles. The second kappa shape index (κ2) is 6.22. The van der Waals surface area contributed by atoms with E-state index in [1.54, 1.807) is 18.2 Å². The van der Waals surface area contributed by atoms with Crippen molar-refractivity contribution < 1.29 is 4.79 Å². The van der Waals surface area contributed by atoms with Crippen LogP contribution in [0.25, 0.3) is 0 Å². The molecule has 0 spiro atoms. The Morgan fingerprint density at radius 2 is 2.19 bits per heavy atom. The number of aromatic nitrogens is 1. The number of nitriles is 1. The molecule has 2 rings (SSSR count). The fraction of sp³-hybridized carbons (Fsp3) is 0.0714. The average Bonchev–Trinajstić information content (AvgIpc) is 2.49. The summed E-state index contributed by atoms with van der Waals surface area (Å²) in [5.41, 5.74) is 4.50. The molecular weight excluding hydrogens is 290 g/mol. The molecule has 2 aromatic rings. The van der Waals surface area contributed by atoms with Crippen molar-refractivity contribution in [1.82, 2.24) is 4.98 Å². The Morgan fingerprint density at radius 3 is 2.81 bits per heavy atom. The SMILES string of the molecule is Cc1ccc(C#N)cc1NC(=O)c1cnc(NN)c(Cl)c1. The van der Waals surface area contributed by atoms with E-state index < -0.39 is 0 Å². The summed E-state index contributed by atoms with van der Waals surface area (Å²) in [5, 5.41) is 11.9. The van der Waals surface area contributed by atoms with Crippen LogP contribution >= 0.6 is 11.6 Å². The van der Waals surface area contributed by atoms with Crippen molar-refractivity contribution in [2.75, 3.05) is 10.7 Å². The Hall–Kier alpha value is -2.62. The van der Waals surface area contributed by atoms with E-state index in [1.165, 1.54) is 12.3 Å². The van der Waals surface area contributed by atoms with Gasteiger partial charge >= 0.3 is 0 Å². The smallest absolute Gasteiger partial charge is 0.257 e. The highest BCUT2D eigenvalue weighted by Gasteiger charge is 2.11. The summed E-state index contributed by atoms with van der Waals surface area (Å²) in [7, 11) is 0. The molecule has 6 nitrogen and oxygen atoms in total. The number of nitrogens with zero attached hydrogens (tertiary/aromatic N) is 2.